The number of guanidine groups is 1. The number of methoxy groups -OCH3 is 2. The number of esters is 2. The minimum Gasteiger partial charge on any atom is -0.469 e. The Bertz CT molecular complexity index is 723. The first-order valence-electron chi connectivity index (χ1n) is 6.91. The summed E-state index contributed by atoms with van der Waals surface area (Å²) in [5.41, 5.74) is 0.692. The van der Waals surface area contributed by atoms with E-state index in [0.717, 1.165) is 17.6 Å². The fourth-order valence-corrected chi connectivity index (χ4v) is 3.15. The molecule has 2 rings (SSSR count). The van der Waals surface area contributed by atoms with Gasteiger partial charge in [-0.15, -0.1) is 10.2 Å². The number of nitrogens with zero attached hydrogens (tertiary/aromatic N) is 3. The molecule has 1 amide bonds. The number of aliphatic imine (C=N–C) groups is 1. The number of carbonyl (C=O) groups excluding carboxylic acids is 3. The SMILES string of the molecule is COC(=O)C/C(=N/N=C1/N=C2SC(C)=C(C)C2C(=O)N1)C(=O)OC. The lowest BCUT2D eigenvalue weighted by Crippen LogP contribution is -2.42. The van der Waals surface area contributed by atoms with Crippen LogP contribution in [0.3, 0.4) is 0 Å². The highest BCUT2D eigenvalue weighted by Gasteiger charge is 2.37. The quantitative estimate of drug-likeness (QED) is 0.450. The van der Waals surface area contributed by atoms with Crippen molar-refractivity contribution in [3.63, 3.8) is 0 Å². The van der Waals surface area contributed by atoms with Gasteiger partial charge in [0.25, 0.3) is 0 Å². The molecule has 0 aromatic carbocycles. The molecule has 0 fully saturated rings. The smallest absolute Gasteiger partial charge is 0.354 e. The Balaban J connectivity index is 2.27. The van der Waals surface area contributed by atoms with Crippen LogP contribution < -0.4 is 5.32 Å². The number of hydrogen-bond acceptors (Lipinski definition) is 8. The lowest BCUT2D eigenvalue weighted by Gasteiger charge is -2.17. The van der Waals surface area contributed by atoms with E-state index in [-0.39, 0.29) is 17.6 Å². The molecule has 2 aliphatic heterocycles. The summed E-state index contributed by atoms with van der Waals surface area (Å²) in [4.78, 5) is 40.3. The first-order valence-corrected chi connectivity index (χ1v) is 7.73. The molecule has 1 atom stereocenters. The molecule has 0 radical (unpaired) electrons. The maximum Gasteiger partial charge on any atom is 0.354 e. The molecule has 10 heteroatoms. The second kappa shape index (κ2) is 7.39. The van der Waals surface area contributed by atoms with Crippen molar-refractivity contribution in [2.24, 2.45) is 21.1 Å². The average molecular weight is 352 g/mol. The highest BCUT2D eigenvalue weighted by atomic mass is 32.2. The summed E-state index contributed by atoms with van der Waals surface area (Å²) in [5.74, 6) is -2.20. The first kappa shape index (κ1) is 17.9. The van der Waals surface area contributed by atoms with Crippen LogP contribution >= 0.6 is 11.8 Å². The number of rotatable bonds is 4. The van der Waals surface area contributed by atoms with Crippen LogP contribution in [0.4, 0.5) is 0 Å². The molecule has 1 N–H and O–H groups in total. The van der Waals surface area contributed by atoms with Gasteiger partial charge in [0.15, 0.2) is 5.71 Å². The predicted octanol–water partition coefficient (Wildman–Crippen LogP) is 0.620. The van der Waals surface area contributed by atoms with Crippen molar-refractivity contribution >= 4 is 46.3 Å². The molecular weight excluding hydrogens is 336 g/mol. The van der Waals surface area contributed by atoms with Crippen molar-refractivity contribution in [3.05, 3.63) is 10.5 Å². The Morgan fingerprint density at radius 3 is 2.62 bits per heavy atom. The number of amides is 1. The monoisotopic (exact) mass is 352 g/mol. The Hall–Kier alpha value is -2.49. The second-order valence-corrected chi connectivity index (χ2v) is 6.16. The predicted molar refractivity (Wildman–Crippen MR) is 88.6 cm³/mol. The van der Waals surface area contributed by atoms with Gasteiger partial charge in [-0.1, -0.05) is 11.8 Å². The van der Waals surface area contributed by atoms with E-state index in [1.54, 1.807) is 0 Å². The molecular formula is C14H16N4O5S. The van der Waals surface area contributed by atoms with E-state index >= 15 is 0 Å². The Morgan fingerprint density at radius 2 is 2.00 bits per heavy atom. The average Bonchev–Trinajstić information content (AvgIpc) is 2.85. The maximum absolute atomic E-state index is 12.2. The van der Waals surface area contributed by atoms with Crippen molar-refractivity contribution < 1.29 is 23.9 Å². The van der Waals surface area contributed by atoms with Gasteiger partial charge in [0.1, 0.15) is 5.92 Å². The summed E-state index contributed by atoms with van der Waals surface area (Å²) in [7, 11) is 2.34. The summed E-state index contributed by atoms with van der Waals surface area (Å²) in [6, 6.07) is 0. The van der Waals surface area contributed by atoms with Gasteiger partial charge >= 0.3 is 11.9 Å². The van der Waals surface area contributed by atoms with Gasteiger partial charge in [-0.05, 0) is 24.3 Å². The third kappa shape index (κ3) is 3.70. The summed E-state index contributed by atoms with van der Waals surface area (Å²) < 4.78 is 9.02. The topological polar surface area (TPSA) is 119 Å². The fraction of sp³-hybridized carbons (Fsp3) is 0.429. The summed E-state index contributed by atoms with van der Waals surface area (Å²) in [5, 5.41) is 10.5. The molecule has 0 spiro atoms. The van der Waals surface area contributed by atoms with Crippen LogP contribution in [-0.4, -0.2) is 48.8 Å². The molecule has 0 saturated carbocycles. The van der Waals surface area contributed by atoms with E-state index in [9.17, 15) is 14.4 Å². The summed E-state index contributed by atoms with van der Waals surface area (Å²) in [6.45, 7) is 3.79. The zero-order valence-electron chi connectivity index (χ0n) is 13.6. The summed E-state index contributed by atoms with van der Waals surface area (Å²) in [6.07, 6.45) is -0.401. The molecule has 9 nitrogen and oxygen atoms in total. The molecule has 0 bridgehead atoms. The van der Waals surface area contributed by atoms with E-state index in [1.807, 2.05) is 13.8 Å². The Kier molecular flexibility index (Phi) is 5.50. The zero-order chi connectivity index (χ0) is 17.9. The number of ether oxygens (including phenoxy) is 2. The second-order valence-electron chi connectivity index (χ2n) is 4.93. The maximum atomic E-state index is 12.2. The number of allylic oxidation sites excluding steroid dienone is 1. The van der Waals surface area contributed by atoms with Crippen molar-refractivity contribution in [3.8, 4) is 0 Å². The molecule has 2 aliphatic rings. The van der Waals surface area contributed by atoms with Crippen molar-refractivity contribution in [2.45, 2.75) is 20.3 Å². The van der Waals surface area contributed by atoms with Crippen molar-refractivity contribution in [1.29, 1.82) is 0 Å². The molecule has 24 heavy (non-hydrogen) atoms. The van der Waals surface area contributed by atoms with Crippen molar-refractivity contribution in [2.75, 3.05) is 14.2 Å². The lowest BCUT2D eigenvalue weighted by molar-refractivity contribution is -0.140. The van der Waals surface area contributed by atoms with Gasteiger partial charge in [-0.2, -0.15) is 0 Å². The molecule has 128 valence electrons. The number of nitrogens with one attached hydrogen (secondary N) is 1. The van der Waals surface area contributed by atoms with Gasteiger partial charge < -0.3 is 9.47 Å². The van der Waals surface area contributed by atoms with E-state index in [2.05, 4.69) is 30.0 Å². The Labute approximate surface area is 142 Å². The molecule has 1 unspecified atom stereocenters. The molecule has 0 aromatic heterocycles. The third-order valence-corrected chi connectivity index (χ3v) is 4.60. The molecule has 0 aromatic rings. The van der Waals surface area contributed by atoms with Gasteiger partial charge in [0, 0.05) is 0 Å². The number of thioether (sulfide) groups is 1. The fourth-order valence-electron chi connectivity index (χ4n) is 2.03. The largest absolute Gasteiger partial charge is 0.469 e. The zero-order valence-corrected chi connectivity index (χ0v) is 14.4. The lowest BCUT2D eigenvalue weighted by atomic mass is 10.00. The van der Waals surface area contributed by atoms with E-state index in [4.69, 9.17) is 0 Å². The van der Waals surface area contributed by atoms with Crippen LogP contribution in [0.15, 0.2) is 25.7 Å². The third-order valence-electron chi connectivity index (χ3n) is 3.43. The van der Waals surface area contributed by atoms with E-state index in [1.165, 1.54) is 18.9 Å². The minimum atomic E-state index is -0.819. The number of fused-ring (bicyclic) bond motifs is 1. The Morgan fingerprint density at radius 1 is 1.29 bits per heavy atom. The van der Waals surface area contributed by atoms with Crippen molar-refractivity contribution in [1.82, 2.24) is 5.32 Å². The van der Waals surface area contributed by atoms with Gasteiger partial charge in [0.05, 0.1) is 25.7 Å². The minimum absolute atomic E-state index is 0.0486. The standard InChI is InChI=1S/C14H16N4O5S/c1-6-7(2)24-12-10(6)11(20)15-14(16-12)18-17-8(13(21)23-4)5-9(19)22-3/h10H,5H2,1-4H3,(H,15,18,20)/b17-8-. The van der Waals surface area contributed by atoms with Gasteiger partial charge in [-0.25, -0.2) is 9.79 Å². The van der Waals surface area contributed by atoms with E-state index in [0.29, 0.717) is 5.04 Å². The van der Waals surface area contributed by atoms with E-state index < -0.39 is 24.3 Å². The highest BCUT2D eigenvalue weighted by Crippen LogP contribution is 2.39. The van der Waals surface area contributed by atoms with Crippen LogP contribution in [0.5, 0.6) is 0 Å². The summed E-state index contributed by atoms with van der Waals surface area (Å²) >= 11 is 1.40. The van der Waals surface area contributed by atoms with Crippen LogP contribution in [0.2, 0.25) is 0 Å². The number of carbonyl (C=O) groups is 3. The van der Waals surface area contributed by atoms with Gasteiger partial charge in [-0.3, -0.25) is 14.9 Å². The number of hydrogen-bond donors (Lipinski definition) is 1. The normalized spacial score (nSPS) is 22.1. The van der Waals surface area contributed by atoms with Crippen LogP contribution in [0.25, 0.3) is 0 Å². The highest BCUT2D eigenvalue weighted by molar-refractivity contribution is 8.17. The van der Waals surface area contributed by atoms with Crippen LogP contribution in [-0.2, 0) is 23.9 Å². The van der Waals surface area contributed by atoms with Crippen LogP contribution in [0, 0.1) is 5.92 Å². The molecule has 0 aliphatic carbocycles. The van der Waals surface area contributed by atoms with Gasteiger partial charge in [0.2, 0.25) is 11.9 Å². The first-order chi connectivity index (χ1) is 11.4. The molecule has 2 heterocycles. The van der Waals surface area contributed by atoms with Crippen LogP contribution in [0.1, 0.15) is 20.3 Å². The molecule has 0 saturated heterocycles.